The Labute approximate surface area is 120 Å². The fraction of sp³-hybridized carbons (Fsp3) is 0.462. The summed E-state index contributed by atoms with van der Waals surface area (Å²) in [5, 5.41) is 3.04. The van der Waals surface area contributed by atoms with Crippen molar-refractivity contribution in [2.24, 2.45) is 5.92 Å². The standard InChI is InChI=1S/C13H16INOS/c14-12-3-1-2-11(8-12)13(16)15-9-10-4-6-17-7-5-10/h1-3,8,10H,4-7,9H2,(H,15,16). The number of benzene rings is 1. The number of nitrogens with one attached hydrogen (secondary N) is 1. The number of thioether (sulfide) groups is 1. The SMILES string of the molecule is O=C(NCC1CCSCC1)c1cccc(I)c1. The highest BCUT2D eigenvalue weighted by Crippen LogP contribution is 2.21. The first-order valence-electron chi connectivity index (χ1n) is 5.87. The summed E-state index contributed by atoms with van der Waals surface area (Å²) in [7, 11) is 0. The van der Waals surface area contributed by atoms with Gasteiger partial charge < -0.3 is 5.32 Å². The molecule has 4 heteroatoms. The van der Waals surface area contributed by atoms with Gasteiger partial charge in [0.2, 0.25) is 0 Å². The molecule has 1 heterocycles. The van der Waals surface area contributed by atoms with Crippen molar-refractivity contribution in [1.29, 1.82) is 0 Å². The number of hydrogen-bond acceptors (Lipinski definition) is 2. The number of carbonyl (C=O) groups is 1. The third-order valence-electron chi connectivity index (χ3n) is 2.98. The topological polar surface area (TPSA) is 29.1 Å². The molecule has 0 bridgehead atoms. The van der Waals surface area contributed by atoms with Crippen molar-refractivity contribution in [2.45, 2.75) is 12.8 Å². The third kappa shape index (κ3) is 4.17. The van der Waals surface area contributed by atoms with Gasteiger partial charge in [-0.2, -0.15) is 11.8 Å². The van der Waals surface area contributed by atoms with E-state index in [-0.39, 0.29) is 5.91 Å². The van der Waals surface area contributed by atoms with Gasteiger partial charge in [-0.05, 0) is 71.1 Å². The van der Waals surface area contributed by atoms with Gasteiger partial charge in [0.15, 0.2) is 0 Å². The van der Waals surface area contributed by atoms with Gasteiger partial charge in [0.05, 0.1) is 0 Å². The lowest BCUT2D eigenvalue weighted by Gasteiger charge is -2.21. The summed E-state index contributed by atoms with van der Waals surface area (Å²) in [4.78, 5) is 11.9. The second-order valence-corrected chi connectivity index (χ2v) is 6.75. The predicted octanol–water partition coefficient (Wildman–Crippen LogP) is 3.16. The Kier molecular flexibility index (Phi) is 5.16. The van der Waals surface area contributed by atoms with Crippen LogP contribution in [0.5, 0.6) is 0 Å². The number of hydrogen-bond donors (Lipinski definition) is 1. The van der Waals surface area contributed by atoms with Crippen LogP contribution in [0.1, 0.15) is 23.2 Å². The molecule has 2 rings (SSSR count). The first-order chi connectivity index (χ1) is 8.25. The maximum atomic E-state index is 11.9. The lowest BCUT2D eigenvalue weighted by atomic mass is 10.0. The number of amides is 1. The number of halogens is 1. The van der Waals surface area contributed by atoms with Gasteiger partial charge in [0.1, 0.15) is 0 Å². The average Bonchev–Trinajstić information content (AvgIpc) is 2.37. The molecule has 92 valence electrons. The van der Waals surface area contributed by atoms with Gasteiger partial charge in [-0.1, -0.05) is 6.07 Å². The Morgan fingerprint density at radius 3 is 2.88 bits per heavy atom. The summed E-state index contributed by atoms with van der Waals surface area (Å²) in [5.74, 6) is 3.21. The van der Waals surface area contributed by atoms with Crippen LogP contribution in [0.4, 0.5) is 0 Å². The quantitative estimate of drug-likeness (QED) is 0.838. The zero-order valence-corrected chi connectivity index (χ0v) is 12.6. The highest BCUT2D eigenvalue weighted by Gasteiger charge is 2.15. The van der Waals surface area contributed by atoms with Crippen LogP contribution >= 0.6 is 34.4 Å². The summed E-state index contributed by atoms with van der Waals surface area (Å²) in [6.45, 7) is 0.824. The molecule has 0 atom stereocenters. The zero-order chi connectivity index (χ0) is 12.1. The van der Waals surface area contributed by atoms with Crippen molar-refractivity contribution in [3.63, 3.8) is 0 Å². The molecule has 1 aliphatic heterocycles. The summed E-state index contributed by atoms with van der Waals surface area (Å²) >= 11 is 4.25. The molecule has 0 radical (unpaired) electrons. The van der Waals surface area contributed by atoms with E-state index in [2.05, 4.69) is 27.9 Å². The molecule has 1 aliphatic rings. The molecule has 17 heavy (non-hydrogen) atoms. The van der Waals surface area contributed by atoms with Gasteiger partial charge in [-0.25, -0.2) is 0 Å². The molecule has 1 N–H and O–H groups in total. The van der Waals surface area contributed by atoms with Gasteiger partial charge in [-0.3, -0.25) is 4.79 Å². The Hall–Kier alpha value is -0.230. The molecule has 1 fully saturated rings. The lowest BCUT2D eigenvalue weighted by Crippen LogP contribution is -2.30. The second kappa shape index (κ2) is 6.64. The van der Waals surface area contributed by atoms with E-state index in [0.29, 0.717) is 5.92 Å². The Balaban J connectivity index is 1.84. The minimum absolute atomic E-state index is 0.0572. The lowest BCUT2D eigenvalue weighted by molar-refractivity contribution is 0.0946. The normalized spacial score (nSPS) is 16.8. The van der Waals surface area contributed by atoms with Gasteiger partial charge in [0.25, 0.3) is 5.91 Å². The monoisotopic (exact) mass is 361 g/mol. The van der Waals surface area contributed by atoms with Crippen molar-refractivity contribution in [3.8, 4) is 0 Å². The van der Waals surface area contributed by atoms with E-state index in [4.69, 9.17) is 0 Å². The maximum Gasteiger partial charge on any atom is 0.251 e. The Bertz CT molecular complexity index is 391. The van der Waals surface area contributed by atoms with Gasteiger partial charge >= 0.3 is 0 Å². The molecule has 0 saturated carbocycles. The summed E-state index contributed by atoms with van der Waals surface area (Å²) in [6, 6.07) is 7.71. The van der Waals surface area contributed by atoms with E-state index in [1.165, 1.54) is 24.3 Å². The maximum absolute atomic E-state index is 11.9. The fourth-order valence-corrected chi connectivity index (χ4v) is 3.67. The second-order valence-electron chi connectivity index (χ2n) is 4.28. The van der Waals surface area contributed by atoms with E-state index in [1.807, 2.05) is 36.0 Å². The van der Waals surface area contributed by atoms with Gasteiger partial charge in [-0.15, -0.1) is 0 Å². The van der Waals surface area contributed by atoms with Crippen molar-refractivity contribution >= 4 is 40.3 Å². The molecule has 2 nitrogen and oxygen atoms in total. The smallest absolute Gasteiger partial charge is 0.251 e. The molecule has 1 aromatic rings. The minimum atomic E-state index is 0.0572. The molecular formula is C13H16INOS. The van der Waals surface area contributed by atoms with Crippen molar-refractivity contribution in [3.05, 3.63) is 33.4 Å². The highest BCUT2D eigenvalue weighted by atomic mass is 127. The van der Waals surface area contributed by atoms with Crippen LogP contribution in [-0.4, -0.2) is 24.0 Å². The summed E-state index contributed by atoms with van der Waals surface area (Å²) in [5.41, 5.74) is 0.766. The third-order valence-corrected chi connectivity index (χ3v) is 4.70. The van der Waals surface area contributed by atoms with Crippen LogP contribution in [0.25, 0.3) is 0 Å². The first kappa shape index (κ1) is 13.2. The van der Waals surface area contributed by atoms with Crippen molar-refractivity contribution < 1.29 is 4.79 Å². The molecule has 0 aliphatic carbocycles. The molecule has 1 aromatic carbocycles. The van der Waals surface area contributed by atoms with Crippen molar-refractivity contribution in [1.82, 2.24) is 5.32 Å². The summed E-state index contributed by atoms with van der Waals surface area (Å²) < 4.78 is 1.10. The average molecular weight is 361 g/mol. The highest BCUT2D eigenvalue weighted by molar-refractivity contribution is 14.1. The van der Waals surface area contributed by atoms with Crippen LogP contribution in [-0.2, 0) is 0 Å². The van der Waals surface area contributed by atoms with E-state index in [9.17, 15) is 4.79 Å². The van der Waals surface area contributed by atoms with Crippen LogP contribution in [0, 0.1) is 9.49 Å². The Morgan fingerprint density at radius 2 is 2.18 bits per heavy atom. The molecule has 0 aromatic heterocycles. The van der Waals surface area contributed by atoms with Gasteiger partial charge in [0, 0.05) is 15.7 Å². The Morgan fingerprint density at radius 1 is 1.41 bits per heavy atom. The minimum Gasteiger partial charge on any atom is -0.352 e. The first-order valence-corrected chi connectivity index (χ1v) is 8.10. The van der Waals surface area contributed by atoms with E-state index in [1.54, 1.807) is 0 Å². The molecule has 1 amide bonds. The van der Waals surface area contributed by atoms with Crippen LogP contribution in [0.3, 0.4) is 0 Å². The van der Waals surface area contributed by atoms with Crippen LogP contribution < -0.4 is 5.32 Å². The molecule has 0 spiro atoms. The van der Waals surface area contributed by atoms with Crippen LogP contribution in [0.2, 0.25) is 0 Å². The zero-order valence-electron chi connectivity index (χ0n) is 9.62. The number of rotatable bonds is 3. The molecule has 1 saturated heterocycles. The molecule has 0 unspecified atom stereocenters. The van der Waals surface area contributed by atoms with Crippen molar-refractivity contribution in [2.75, 3.05) is 18.1 Å². The predicted molar refractivity (Wildman–Crippen MR) is 81.5 cm³/mol. The van der Waals surface area contributed by atoms with E-state index >= 15 is 0 Å². The molecular weight excluding hydrogens is 345 g/mol. The largest absolute Gasteiger partial charge is 0.352 e. The van der Waals surface area contributed by atoms with E-state index in [0.717, 1.165) is 15.7 Å². The summed E-state index contributed by atoms with van der Waals surface area (Å²) in [6.07, 6.45) is 2.47. The van der Waals surface area contributed by atoms with Crippen LogP contribution in [0.15, 0.2) is 24.3 Å². The fourth-order valence-electron chi connectivity index (χ4n) is 1.92. The van der Waals surface area contributed by atoms with E-state index < -0.39 is 0 Å². The number of carbonyl (C=O) groups excluding carboxylic acids is 1.